The highest BCUT2D eigenvalue weighted by atomic mass is 32.1. The number of fused-ring (bicyclic) bond motifs is 2. The van der Waals surface area contributed by atoms with Crippen LogP contribution in [-0.4, -0.2) is 26.9 Å². The fourth-order valence-corrected chi connectivity index (χ4v) is 4.14. The van der Waals surface area contributed by atoms with Gasteiger partial charge in [-0.2, -0.15) is 4.68 Å². The van der Waals surface area contributed by atoms with Crippen LogP contribution in [0.15, 0.2) is 65.6 Å². The van der Waals surface area contributed by atoms with E-state index in [0.717, 1.165) is 21.3 Å². The minimum atomic E-state index is -0.182. The van der Waals surface area contributed by atoms with E-state index in [2.05, 4.69) is 15.1 Å². The van der Waals surface area contributed by atoms with E-state index in [1.54, 1.807) is 13.3 Å². The fraction of sp³-hybridized carbons (Fsp3) is 0.0500. The van der Waals surface area contributed by atoms with Crippen LogP contribution in [0.4, 0.5) is 0 Å². The van der Waals surface area contributed by atoms with Crippen molar-refractivity contribution in [2.24, 2.45) is 0 Å². The number of nitrogens with one attached hydrogen (secondary N) is 1. The number of nitrogens with zero attached hydrogens (tertiary/aromatic N) is 3. The summed E-state index contributed by atoms with van der Waals surface area (Å²) in [6, 6.07) is 17.3. The van der Waals surface area contributed by atoms with E-state index in [0.29, 0.717) is 21.9 Å². The van der Waals surface area contributed by atoms with E-state index in [1.807, 2.05) is 54.6 Å². The van der Waals surface area contributed by atoms with Gasteiger partial charge in [0.15, 0.2) is 5.65 Å². The van der Waals surface area contributed by atoms with Crippen LogP contribution in [0.1, 0.15) is 0 Å². The average Bonchev–Trinajstić information content (AvgIpc) is 3.29. The molecule has 0 saturated heterocycles. The number of H-pyrrole nitrogens is 1. The molecular weight excluding hydrogens is 360 g/mol. The van der Waals surface area contributed by atoms with E-state index in [1.165, 1.54) is 16.0 Å². The summed E-state index contributed by atoms with van der Waals surface area (Å²) < 4.78 is 7.95. The van der Waals surface area contributed by atoms with Crippen molar-refractivity contribution in [2.75, 3.05) is 7.11 Å². The zero-order valence-electron chi connectivity index (χ0n) is 14.3. The highest BCUT2D eigenvalue weighted by molar-refractivity contribution is 7.20. The van der Waals surface area contributed by atoms with Crippen LogP contribution in [0, 0.1) is 0 Å². The van der Waals surface area contributed by atoms with Crippen molar-refractivity contribution in [1.82, 2.24) is 19.7 Å². The first kappa shape index (κ1) is 15.8. The van der Waals surface area contributed by atoms with E-state index in [4.69, 9.17) is 4.74 Å². The van der Waals surface area contributed by atoms with Gasteiger partial charge in [0.2, 0.25) is 5.13 Å². The number of hydrogen-bond donors (Lipinski definition) is 1. The van der Waals surface area contributed by atoms with Crippen LogP contribution in [0.25, 0.3) is 37.5 Å². The zero-order valence-corrected chi connectivity index (χ0v) is 15.2. The van der Waals surface area contributed by atoms with Crippen LogP contribution in [0.2, 0.25) is 0 Å². The number of rotatable bonds is 3. The Hall–Kier alpha value is -3.45. The molecule has 5 aromatic rings. The van der Waals surface area contributed by atoms with Crippen molar-refractivity contribution < 1.29 is 4.74 Å². The molecule has 132 valence electrons. The molecule has 0 saturated carbocycles. The predicted octanol–water partition coefficient (Wildman–Crippen LogP) is 4.00. The maximum absolute atomic E-state index is 13.2. The van der Waals surface area contributed by atoms with Gasteiger partial charge in [0.1, 0.15) is 5.75 Å². The molecule has 5 rings (SSSR count). The maximum atomic E-state index is 13.2. The molecule has 27 heavy (non-hydrogen) atoms. The first-order chi connectivity index (χ1) is 13.3. The Morgan fingerprint density at radius 2 is 1.85 bits per heavy atom. The molecule has 0 amide bonds. The summed E-state index contributed by atoms with van der Waals surface area (Å²) >= 11 is 1.46. The molecule has 7 heteroatoms. The number of ether oxygens (including phenoxy) is 1. The highest BCUT2D eigenvalue weighted by Gasteiger charge is 2.18. The highest BCUT2D eigenvalue weighted by Crippen LogP contribution is 2.33. The molecule has 0 bridgehead atoms. The van der Waals surface area contributed by atoms with Crippen LogP contribution in [-0.2, 0) is 0 Å². The molecule has 2 aromatic carbocycles. The number of aromatic nitrogens is 4. The lowest BCUT2D eigenvalue weighted by Gasteiger charge is -2.08. The fourth-order valence-electron chi connectivity index (χ4n) is 3.21. The Balaban J connectivity index is 1.78. The molecule has 0 aliphatic carbocycles. The van der Waals surface area contributed by atoms with E-state index >= 15 is 0 Å². The summed E-state index contributed by atoms with van der Waals surface area (Å²) in [4.78, 5) is 22.1. The Kier molecular flexibility index (Phi) is 3.54. The van der Waals surface area contributed by atoms with Crippen LogP contribution in [0.3, 0.4) is 0 Å². The summed E-state index contributed by atoms with van der Waals surface area (Å²) in [7, 11) is 1.62. The minimum Gasteiger partial charge on any atom is -0.496 e. The lowest BCUT2D eigenvalue weighted by Crippen LogP contribution is -2.14. The average molecular weight is 374 g/mol. The third-order valence-corrected chi connectivity index (χ3v) is 5.48. The molecule has 0 aliphatic rings. The molecule has 3 heterocycles. The predicted molar refractivity (Wildman–Crippen MR) is 107 cm³/mol. The van der Waals surface area contributed by atoms with Gasteiger partial charge >= 0.3 is 0 Å². The van der Waals surface area contributed by atoms with Crippen molar-refractivity contribution in [1.29, 1.82) is 0 Å². The monoisotopic (exact) mass is 374 g/mol. The number of thiazole rings is 1. The summed E-state index contributed by atoms with van der Waals surface area (Å²) in [5, 5.41) is 4.19. The smallest absolute Gasteiger partial charge is 0.283 e. The van der Waals surface area contributed by atoms with Gasteiger partial charge in [0.05, 0.1) is 22.7 Å². The van der Waals surface area contributed by atoms with Crippen molar-refractivity contribution in [3.63, 3.8) is 0 Å². The molecular formula is C20H14N4O2S. The van der Waals surface area contributed by atoms with Gasteiger partial charge in [0, 0.05) is 17.3 Å². The molecule has 0 unspecified atom stereocenters. The zero-order chi connectivity index (χ0) is 18.4. The first-order valence-electron chi connectivity index (χ1n) is 8.35. The Bertz CT molecular complexity index is 1320. The number of benzene rings is 2. The Morgan fingerprint density at radius 1 is 1.04 bits per heavy atom. The van der Waals surface area contributed by atoms with E-state index < -0.39 is 0 Å². The Morgan fingerprint density at radius 3 is 2.70 bits per heavy atom. The molecule has 0 radical (unpaired) electrons. The largest absolute Gasteiger partial charge is 0.496 e. The second-order valence-corrected chi connectivity index (χ2v) is 7.01. The summed E-state index contributed by atoms with van der Waals surface area (Å²) in [5.41, 5.74) is 2.82. The van der Waals surface area contributed by atoms with Crippen molar-refractivity contribution in [3.8, 4) is 22.0 Å². The van der Waals surface area contributed by atoms with Gasteiger partial charge in [-0.3, -0.25) is 9.89 Å². The van der Waals surface area contributed by atoms with Crippen molar-refractivity contribution >= 4 is 32.6 Å². The number of aromatic amines is 1. The summed E-state index contributed by atoms with van der Waals surface area (Å²) in [6.45, 7) is 0. The normalized spacial score (nSPS) is 11.3. The third kappa shape index (κ3) is 2.43. The molecule has 6 nitrogen and oxygen atoms in total. The van der Waals surface area contributed by atoms with Gasteiger partial charge in [0.25, 0.3) is 5.56 Å². The van der Waals surface area contributed by atoms with Gasteiger partial charge in [-0.25, -0.2) is 9.97 Å². The molecule has 0 aliphatic heterocycles. The SMILES string of the molecule is COc1ccccc1-c1ccnc2[nH]n(-c3nc4ccccc4s3)c(=O)c12. The standard InChI is InChI=1S/C20H14N4O2S/c1-26-15-8-4-2-6-12(15)13-10-11-21-18-17(13)19(25)24(23-18)20-22-14-7-3-5-9-16(14)27-20/h2-11H,1H3,(H,21,23). The Labute approximate surface area is 157 Å². The second-order valence-electron chi connectivity index (χ2n) is 6.00. The van der Waals surface area contributed by atoms with Crippen LogP contribution >= 0.6 is 11.3 Å². The van der Waals surface area contributed by atoms with E-state index in [-0.39, 0.29) is 5.56 Å². The molecule has 1 N–H and O–H groups in total. The lowest BCUT2D eigenvalue weighted by molar-refractivity contribution is 0.416. The topological polar surface area (TPSA) is 72.8 Å². The molecule has 0 atom stereocenters. The number of para-hydroxylation sites is 2. The maximum Gasteiger partial charge on any atom is 0.283 e. The number of methoxy groups -OCH3 is 1. The lowest BCUT2D eigenvalue weighted by atomic mass is 10.0. The van der Waals surface area contributed by atoms with Crippen molar-refractivity contribution in [3.05, 3.63) is 71.1 Å². The number of pyridine rings is 1. The van der Waals surface area contributed by atoms with Gasteiger partial charge in [-0.15, -0.1) is 0 Å². The van der Waals surface area contributed by atoms with Crippen molar-refractivity contribution in [2.45, 2.75) is 0 Å². The number of hydrogen-bond acceptors (Lipinski definition) is 5. The quantitative estimate of drug-likeness (QED) is 0.518. The summed E-state index contributed by atoms with van der Waals surface area (Å²) in [6.07, 6.45) is 1.68. The van der Waals surface area contributed by atoms with Gasteiger partial charge in [-0.1, -0.05) is 41.7 Å². The molecule has 3 aromatic heterocycles. The first-order valence-corrected chi connectivity index (χ1v) is 9.17. The third-order valence-electron chi connectivity index (χ3n) is 4.46. The van der Waals surface area contributed by atoms with Gasteiger partial charge in [-0.05, 0) is 24.3 Å². The second kappa shape index (κ2) is 6.07. The van der Waals surface area contributed by atoms with Gasteiger partial charge < -0.3 is 4.74 Å². The molecule has 0 spiro atoms. The summed E-state index contributed by atoms with van der Waals surface area (Å²) in [5.74, 6) is 0.706. The van der Waals surface area contributed by atoms with Crippen LogP contribution in [0.5, 0.6) is 5.75 Å². The van der Waals surface area contributed by atoms with Crippen LogP contribution < -0.4 is 10.3 Å². The molecule has 0 fully saturated rings. The minimum absolute atomic E-state index is 0.182. The van der Waals surface area contributed by atoms with E-state index in [9.17, 15) is 4.79 Å².